The van der Waals surface area contributed by atoms with Crippen molar-refractivity contribution in [3.8, 4) is 11.1 Å². The van der Waals surface area contributed by atoms with Crippen LogP contribution in [0.1, 0.15) is 34.5 Å². The average molecular weight is 472 g/mol. The van der Waals surface area contributed by atoms with Crippen molar-refractivity contribution < 1.29 is 24.2 Å². The van der Waals surface area contributed by atoms with Crippen molar-refractivity contribution in [2.24, 2.45) is 11.8 Å². The summed E-state index contributed by atoms with van der Waals surface area (Å²) in [6.45, 7) is 2.38. The lowest BCUT2D eigenvalue weighted by Gasteiger charge is -2.18. The van der Waals surface area contributed by atoms with E-state index in [1.165, 1.54) is 11.1 Å². The number of hydrogen-bond acceptors (Lipinski definition) is 5. The molecule has 1 saturated heterocycles. The van der Waals surface area contributed by atoms with E-state index in [1.54, 1.807) is 19.1 Å². The number of benzene rings is 2. The van der Waals surface area contributed by atoms with Crippen LogP contribution in [0.5, 0.6) is 0 Å². The highest BCUT2D eigenvalue weighted by Crippen LogP contribution is 2.44. The molecule has 1 fully saturated rings. The van der Waals surface area contributed by atoms with E-state index < -0.39 is 23.9 Å². The molecule has 2 amide bonds. The third-order valence-electron chi connectivity index (χ3n) is 6.81. The van der Waals surface area contributed by atoms with Gasteiger partial charge in [-0.3, -0.25) is 14.9 Å². The smallest absolute Gasteiger partial charge is 0.411 e. The molecule has 0 spiro atoms. The van der Waals surface area contributed by atoms with Gasteiger partial charge in [0.25, 0.3) is 5.91 Å². The number of rotatable bonds is 5. The maximum Gasteiger partial charge on any atom is 0.411 e. The van der Waals surface area contributed by atoms with Crippen molar-refractivity contribution in [2.45, 2.75) is 12.8 Å². The largest absolute Gasteiger partial charge is 0.481 e. The van der Waals surface area contributed by atoms with Gasteiger partial charge in [-0.2, -0.15) is 0 Å². The van der Waals surface area contributed by atoms with Gasteiger partial charge in [-0.15, -0.1) is 0 Å². The molecule has 1 aliphatic carbocycles. The summed E-state index contributed by atoms with van der Waals surface area (Å²) in [7, 11) is 0. The molecule has 0 radical (unpaired) electrons. The molecule has 3 aromatic rings. The minimum Gasteiger partial charge on any atom is -0.481 e. The number of likely N-dealkylation sites (tertiary alicyclic amines) is 1. The Morgan fingerprint density at radius 3 is 2.29 bits per heavy atom. The van der Waals surface area contributed by atoms with Crippen LogP contribution in [0.4, 0.5) is 10.5 Å². The first-order valence-corrected chi connectivity index (χ1v) is 11.5. The van der Waals surface area contributed by atoms with Crippen molar-refractivity contribution in [3.05, 3.63) is 83.7 Å². The van der Waals surface area contributed by atoms with Gasteiger partial charge >= 0.3 is 12.1 Å². The minimum atomic E-state index is -0.925. The van der Waals surface area contributed by atoms with E-state index in [4.69, 9.17) is 4.74 Å². The molecule has 178 valence electrons. The summed E-state index contributed by atoms with van der Waals surface area (Å²) in [5.41, 5.74) is 4.76. The van der Waals surface area contributed by atoms with Gasteiger partial charge in [0, 0.05) is 25.2 Å². The number of fused-ring (bicyclic) bond motifs is 3. The number of carbonyl (C=O) groups is 3. The molecule has 8 heteroatoms. The fourth-order valence-electron chi connectivity index (χ4n) is 5.02. The first-order chi connectivity index (χ1) is 16.9. The van der Waals surface area contributed by atoms with E-state index in [2.05, 4.69) is 22.4 Å². The fraction of sp³-hybridized carbons (Fsp3) is 0.259. The highest BCUT2D eigenvalue weighted by molar-refractivity contribution is 6.01. The molecule has 2 N–H and O–H groups in total. The minimum absolute atomic E-state index is 0.0549. The Balaban J connectivity index is 1.28. The Kier molecular flexibility index (Phi) is 5.94. The van der Waals surface area contributed by atoms with E-state index in [9.17, 15) is 19.5 Å². The normalized spacial score (nSPS) is 18.6. The second kappa shape index (κ2) is 9.21. The Morgan fingerprint density at radius 1 is 1.00 bits per heavy atom. The van der Waals surface area contributed by atoms with Crippen molar-refractivity contribution in [1.29, 1.82) is 0 Å². The quantitative estimate of drug-likeness (QED) is 0.576. The van der Waals surface area contributed by atoms with Crippen molar-refractivity contribution in [2.75, 3.05) is 25.0 Å². The summed E-state index contributed by atoms with van der Waals surface area (Å²) in [6, 6.07) is 19.3. The van der Waals surface area contributed by atoms with Crippen LogP contribution in [0, 0.1) is 11.8 Å². The molecule has 2 aromatic carbocycles. The van der Waals surface area contributed by atoms with Gasteiger partial charge in [-0.1, -0.05) is 55.5 Å². The summed E-state index contributed by atoms with van der Waals surface area (Å²) in [6.07, 6.45) is 0.775. The number of nitrogens with one attached hydrogen (secondary N) is 1. The van der Waals surface area contributed by atoms with E-state index >= 15 is 0 Å². The topological polar surface area (TPSA) is 109 Å². The predicted octanol–water partition coefficient (Wildman–Crippen LogP) is 4.24. The molecule has 0 bridgehead atoms. The van der Waals surface area contributed by atoms with Gasteiger partial charge in [0.05, 0.1) is 11.6 Å². The number of carboxylic acid groups (broad SMARTS) is 1. The van der Waals surface area contributed by atoms with Gasteiger partial charge in [-0.25, -0.2) is 9.78 Å². The molecule has 2 atom stereocenters. The first kappa shape index (κ1) is 22.6. The summed E-state index contributed by atoms with van der Waals surface area (Å²) in [4.78, 5) is 42.9. The number of nitrogens with zero attached hydrogens (tertiary/aromatic N) is 2. The molecule has 8 nitrogen and oxygen atoms in total. The van der Waals surface area contributed by atoms with Crippen molar-refractivity contribution in [3.63, 3.8) is 0 Å². The number of carboxylic acids is 1. The molecule has 35 heavy (non-hydrogen) atoms. The number of anilines is 1. The lowest BCUT2D eigenvalue weighted by atomic mass is 9.98. The summed E-state index contributed by atoms with van der Waals surface area (Å²) >= 11 is 0. The van der Waals surface area contributed by atoms with Crippen LogP contribution in [-0.4, -0.2) is 52.7 Å². The number of pyridine rings is 1. The summed E-state index contributed by atoms with van der Waals surface area (Å²) in [5, 5.41) is 12.0. The van der Waals surface area contributed by atoms with E-state index in [0.717, 1.165) is 22.3 Å². The van der Waals surface area contributed by atoms with Crippen molar-refractivity contribution >= 4 is 23.7 Å². The zero-order chi connectivity index (χ0) is 24.5. The Hall–Kier alpha value is -4.20. The van der Waals surface area contributed by atoms with Gasteiger partial charge in [-0.05, 0) is 40.3 Å². The Labute approximate surface area is 202 Å². The molecule has 2 aliphatic rings. The molecule has 1 aromatic heterocycles. The van der Waals surface area contributed by atoms with E-state index in [-0.39, 0.29) is 36.4 Å². The van der Waals surface area contributed by atoms with E-state index in [1.807, 2.05) is 36.4 Å². The third kappa shape index (κ3) is 4.23. The molecule has 5 rings (SSSR count). The molecule has 2 heterocycles. The predicted molar refractivity (Wildman–Crippen MR) is 129 cm³/mol. The zero-order valence-corrected chi connectivity index (χ0v) is 19.2. The van der Waals surface area contributed by atoms with Crippen LogP contribution in [0.15, 0.2) is 66.9 Å². The average Bonchev–Trinajstić information content (AvgIpc) is 3.41. The van der Waals surface area contributed by atoms with Crippen LogP contribution in [-0.2, 0) is 9.53 Å². The Bertz CT molecular complexity index is 1260. The van der Waals surface area contributed by atoms with Crippen LogP contribution < -0.4 is 5.32 Å². The maximum absolute atomic E-state index is 13.1. The summed E-state index contributed by atoms with van der Waals surface area (Å²) < 4.78 is 5.59. The highest BCUT2D eigenvalue weighted by Gasteiger charge is 2.38. The van der Waals surface area contributed by atoms with Crippen LogP contribution in [0.2, 0.25) is 0 Å². The second-order valence-electron chi connectivity index (χ2n) is 8.98. The third-order valence-corrected chi connectivity index (χ3v) is 6.81. The van der Waals surface area contributed by atoms with E-state index in [0.29, 0.717) is 6.54 Å². The molecule has 2 unspecified atom stereocenters. The molecular formula is C27H25N3O5. The molecule has 1 aliphatic heterocycles. The van der Waals surface area contributed by atoms with Crippen LogP contribution in [0.25, 0.3) is 11.1 Å². The van der Waals surface area contributed by atoms with Gasteiger partial charge < -0.3 is 14.7 Å². The fourth-order valence-corrected chi connectivity index (χ4v) is 5.02. The van der Waals surface area contributed by atoms with Crippen molar-refractivity contribution in [1.82, 2.24) is 9.88 Å². The van der Waals surface area contributed by atoms with Gasteiger partial charge in [0.15, 0.2) is 5.69 Å². The zero-order valence-electron chi connectivity index (χ0n) is 19.2. The number of aliphatic carboxylic acids is 1. The number of hydrogen-bond donors (Lipinski definition) is 2. The van der Waals surface area contributed by atoms with Gasteiger partial charge in [0.1, 0.15) is 6.61 Å². The van der Waals surface area contributed by atoms with Gasteiger partial charge in [0.2, 0.25) is 0 Å². The maximum atomic E-state index is 13.1. The lowest BCUT2D eigenvalue weighted by Crippen LogP contribution is -2.31. The number of amides is 2. The second-order valence-corrected chi connectivity index (χ2v) is 8.98. The summed E-state index contributed by atoms with van der Waals surface area (Å²) in [5.74, 6) is -2.22. The SMILES string of the molecule is CC1CN(C(=O)c2ncccc2NC(=O)OCC2c3ccccc3-c3ccccc32)CC1C(=O)O. The standard InChI is InChI=1S/C27H25N3O5/c1-16-13-30(14-21(16)26(32)33)25(31)24-23(11-6-12-28-24)29-27(34)35-15-22-19-9-4-2-7-17(19)18-8-3-5-10-20(18)22/h2-12,16,21-22H,13-15H2,1H3,(H,29,34)(H,32,33). The number of carbonyl (C=O) groups excluding carboxylic acids is 2. The lowest BCUT2D eigenvalue weighted by molar-refractivity contribution is -0.142. The number of ether oxygens (including phenoxy) is 1. The number of aromatic nitrogens is 1. The molecular weight excluding hydrogens is 446 g/mol. The first-order valence-electron chi connectivity index (χ1n) is 11.5. The monoisotopic (exact) mass is 471 g/mol. The highest BCUT2D eigenvalue weighted by atomic mass is 16.5. The molecule has 0 saturated carbocycles. The Morgan fingerprint density at radius 2 is 1.66 bits per heavy atom. The van der Waals surface area contributed by atoms with Crippen LogP contribution in [0.3, 0.4) is 0 Å². The van der Waals surface area contributed by atoms with Crippen LogP contribution >= 0.6 is 0 Å².